The minimum Gasteiger partial charge on any atom is -0.493 e. The molecule has 1 heterocycles. The Kier molecular flexibility index (Phi) is 18.1. The van der Waals surface area contributed by atoms with Crippen LogP contribution in [0.5, 0.6) is 0 Å². The number of hydrogen-bond acceptors (Lipinski definition) is 0. The Bertz CT molecular complexity index is 940. The molecule has 3 rings (SSSR count). The van der Waals surface area contributed by atoms with E-state index in [2.05, 4.69) is 89.2 Å². The summed E-state index contributed by atoms with van der Waals surface area (Å²) in [6, 6.07) is 17.4. The molecular weight excluding hydrogens is 471 g/mol. The number of hydrogen-bond donors (Lipinski definition) is 0. The second-order valence-electron chi connectivity index (χ2n) is 8.43. The third kappa shape index (κ3) is 9.88. The number of benzene rings is 2. The predicted molar refractivity (Wildman–Crippen MR) is 150 cm³/mol. The van der Waals surface area contributed by atoms with Gasteiger partial charge in [0, 0.05) is 22.8 Å². The van der Waals surface area contributed by atoms with Crippen LogP contribution >= 0.6 is 0 Å². The van der Waals surface area contributed by atoms with Gasteiger partial charge < -0.3 is 19.4 Å². The van der Waals surface area contributed by atoms with Crippen molar-refractivity contribution in [1.82, 2.24) is 0 Å². The molecule has 0 fully saturated rings. The summed E-state index contributed by atoms with van der Waals surface area (Å²) in [5, 5.41) is 0. The largest absolute Gasteiger partial charge is 2.00 e. The Labute approximate surface area is 226 Å². The number of rotatable bonds is 11. The normalized spacial score (nSPS) is 12.2. The van der Waals surface area contributed by atoms with Gasteiger partial charge in [0.1, 0.15) is 0 Å². The quantitative estimate of drug-likeness (QED) is 0.161. The summed E-state index contributed by atoms with van der Waals surface area (Å²) in [6.07, 6.45) is 12.4. The van der Waals surface area contributed by atoms with E-state index in [-0.39, 0.29) is 16.5 Å². The molecule has 0 radical (unpaired) electrons. The third-order valence-electron chi connectivity index (χ3n) is 5.92. The molecule has 2 nitrogen and oxygen atoms in total. The van der Waals surface area contributed by atoms with Crippen molar-refractivity contribution in [2.24, 2.45) is 0 Å². The second kappa shape index (κ2) is 19.2. The molecule has 1 aliphatic heterocycles. The van der Waals surface area contributed by atoms with Crippen LogP contribution in [0, 0.1) is 13.8 Å². The first kappa shape index (κ1) is 33.0. The van der Waals surface area contributed by atoms with Crippen LogP contribution in [-0.4, -0.2) is 4.70 Å². The van der Waals surface area contributed by atoms with Crippen molar-refractivity contribution < 1.29 is 21.2 Å². The maximum Gasteiger partial charge on any atom is 2.00 e. The fourth-order valence-electron chi connectivity index (χ4n) is 4.14. The molecule has 0 aliphatic carbocycles. The molecule has 2 aromatic rings. The van der Waals surface area contributed by atoms with Crippen LogP contribution in [0.25, 0.3) is 16.9 Å². The molecule has 0 aromatic heterocycles. The molecule has 3 heteroatoms. The summed E-state index contributed by atoms with van der Waals surface area (Å²) in [7, 11) is 0. The van der Waals surface area contributed by atoms with Crippen molar-refractivity contribution in [3.05, 3.63) is 102 Å². The maximum atomic E-state index is 11.3. The van der Waals surface area contributed by atoms with Gasteiger partial charge in [0.25, 0.3) is 0 Å². The molecule has 0 bridgehead atoms. The number of nitrogens with zero attached hydrogens (tertiary/aromatic N) is 2. The van der Waals surface area contributed by atoms with E-state index in [1.807, 2.05) is 0 Å². The maximum absolute atomic E-state index is 11.3. The van der Waals surface area contributed by atoms with Crippen LogP contribution < -0.4 is 0 Å². The minimum absolute atomic E-state index is 0. The van der Waals surface area contributed by atoms with Crippen LogP contribution in [-0.2, 0) is 29.3 Å². The van der Waals surface area contributed by atoms with Crippen molar-refractivity contribution >= 4 is 11.4 Å². The van der Waals surface area contributed by atoms with E-state index in [0.717, 1.165) is 54.6 Å². The van der Waals surface area contributed by atoms with Gasteiger partial charge in [-0.3, -0.25) is 0 Å². The molecule has 0 saturated carbocycles. The zero-order valence-electron chi connectivity index (χ0n) is 22.7. The van der Waals surface area contributed by atoms with E-state index in [1.54, 1.807) is 13.8 Å². The topological polar surface area (TPSA) is 25.3 Å². The third-order valence-corrected chi connectivity index (χ3v) is 5.92. The fourth-order valence-corrected chi connectivity index (χ4v) is 4.14. The van der Waals surface area contributed by atoms with Gasteiger partial charge in [0.15, 0.2) is 0 Å². The van der Waals surface area contributed by atoms with Crippen LogP contribution in [0.1, 0.15) is 102 Å². The Balaban J connectivity index is 0.00000220. The van der Waals surface area contributed by atoms with Crippen molar-refractivity contribution in [3.8, 4) is 0 Å². The SMILES string of the molecule is CCCCC1=C(c2cccc(CCCC)c2)[N+](=[N-])C(c2cccc(CCCC)c2)=C1.[CH2-]C.[CH2-]C.[Ni+2]. The summed E-state index contributed by atoms with van der Waals surface area (Å²) in [5.41, 5.74) is 19.3. The summed E-state index contributed by atoms with van der Waals surface area (Å²) >= 11 is 0. The zero-order valence-corrected chi connectivity index (χ0v) is 23.7. The van der Waals surface area contributed by atoms with E-state index >= 15 is 0 Å². The predicted octanol–water partition coefficient (Wildman–Crippen LogP) is 10.0. The van der Waals surface area contributed by atoms with E-state index in [9.17, 15) is 5.53 Å². The summed E-state index contributed by atoms with van der Waals surface area (Å²) in [6.45, 7) is 16.7. The van der Waals surface area contributed by atoms with Gasteiger partial charge >= 0.3 is 16.5 Å². The average Bonchev–Trinajstić information content (AvgIpc) is 3.23. The van der Waals surface area contributed by atoms with Gasteiger partial charge in [0.05, 0.1) is 0 Å². The molecule has 0 atom stereocenters. The zero-order chi connectivity index (χ0) is 25.3. The average molecular weight is 517 g/mol. The van der Waals surface area contributed by atoms with Crippen molar-refractivity contribution in [1.29, 1.82) is 0 Å². The molecule has 35 heavy (non-hydrogen) atoms. The second-order valence-corrected chi connectivity index (χ2v) is 8.43. The molecule has 1 aliphatic rings. The molecule has 0 amide bonds. The summed E-state index contributed by atoms with van der Waals surface area (Å²) < 4.78 is 1.43. The van der Waals surface area contributed by atoms with Crippen LogP contribution in [0.4, 0.5) is 0 Å². The Hall–Kier alpha value is -1.99. The molecule has 0 saturated heterocycles. The fraction of sp³-hybridized carbons (Fsp3) is 0.438. The van der Waals surface area contributed by atoms with Gasteiger partial charge in [0.2, 0.25) is 11.4 Å². The smallest absolute Gasteiger partial charge is 0.493 e. The van der Waals surface area contributed by atoms with Crippen molar-refractivity contribution in [3.63, 3.8) is 0 Å². The van der Waals surface area contributed by atoms with Crippen LogP contribution in [0.2, 0.25) is 0 Å². The van der Waals surface area contributed by atoms with E-state index < -0.39 is 0 Å². The standard InChI is InChI=1S/C28H36N2.2C2H5.Ni/c1-4-7-12-22-14-10-17-24(19-22)27-21-26(16-9-6-3)28(30(27)29)25-18-11-15-23(20-25)13-8-5-2;2*1-2;/h10-11,14-15,17-21H,4-9,12-13,16H2,1-3H3;2*1H2,2H3;/q;2*-1;+2. The van der Waals surface area contributed by atoms with Gasteiger partial charge in [-0.15, -0.1) is 0 Å². The molecule has 2 aromatic carbocycles. The van der Waals surface area contributed by atoms with Gasteiger partial charge in [-0.2, -0.15) is 13.8 Å². The summed E-state index contributed by atoms with van der Waals surface area (Å²) in [5.74, 6) is 0. The van der Waals surface area contributed by atoms with Gasteiger partial charge in [-0.1, -0.05) is 64.3 Å². The molecular formula is C32H46N2Ni. The molecule has 0 spiro atoms. The molecule has 194 valence electrons. The first-order chi connectivity index (χ1) is 16.7. The van der Waals surface area contributed by atoms with Gasteiger partial charge in [-0.25, -0.2) is 4.70 Å². The van der Waals surface area contributed by atoms with E-state index in [0.29, 0.717) is 0 Å². The molecule has 0 unspecified atom stereocenters. The van der Waals surface area contributed by atoms with Crippen molar-refractivity contribution in [2.45, 2.75) is 92.4 Å². The minimum atomic E-state index is 0. The number of unbranched alkanes of at least 4 members (excludes halogenated alkanes) is 3. The Morgan fingerprint density at radius 1 is 0.686 bits per heavy atom. The van der Waals surface area contributed by atoms with Gasteiger partial charge in [-0.05, 0) is 73.9 Å². The van der Waals surface area contributed by atoms with E-state index in [1.165, 1.54) is 47.1 Å². The first-order valence-corrected chi connectivity index (χ1v) is 13.2. The van der Waals surface area contributed by atoms with E-state index in [4.69, 9.17) is 0 Å². The van der Waals surface area contributed by atoms with Crippen LogP contribution in [0.15, 0.2) is 60.2 Å². The van der Waals surface area contributed by atoms with Crippen molar-refractivity contribution in [2.75, 3.05) is 0 Å². The summed E-state index contributed by atoms with van der Waals surface area (Å²) in [4.78, 5) is 0. The molecule has 0 N–H and O–H groups in total. The number of allylic oxidation sites excluding steroid dienone is 2. The first-order valence-electron chi connectivity index (χ1n) is 13.2. The van der Waals surface area contributed by atoms with Crippen LogP contribution in [0.3, 0.4) is 0 Å². The Morgan fingerprint density at radius 2 is 1.14 bits per heavy atom. The monoisotopic (exact) mass is 516 g/mol. The Morgan fingerprint density at radius 3 is 1.66 bits per heavy atom. The number of aryl methyl sites for hydroxylation is 2.